The summed E-state index contributed by atoms with van der Waals surface area (Å²) < 4.78 is 10.9. The highest BCUT2D eigenvalue weighted by atomic mass is 16.5. The van der Waals surface area contributed by atoms with Crippen molar-refractivity contribution in [3.05, 3.63) is 101 Å². The molecule has 0 fully saturated rings. The average Bonchev–Trinajstić information content (AvgIpc) is 3.40. The van der Waals surface area contributed by atoms with Crippen molar-refractivity contribution in [1.29, 1.82) is 0 Å². The van der Waals surface area contributed by atoms with Crippen molar-refractivity contribution < 1.29 is 14.3 Å². The van der Waals surface area contributed by atoms with Crippen LogP contribution in [0.3, 0.4) is 0 Å². The molecule has 172 valence electrons. The van der Waals surface area contributed by atoms with Gasteiger partial charge >= 0.3 is 0 Å². The fraction of sp³-hybridized carbons (Fsp3) is 0.214. The summed E-state index contributed by atoms with van der Waals surface area (Å²) in [4.78, 5) is 15.5. The second kappa shape index (κ2) is 9.06. The second-order valence-electron chi connectivity index (χ2n) is 8.41. The molecule has 1 aliphatic heterocycles. The zero-order valence-corrected chi connectivity index (χ0v) is 19.5. The summed E-state index contributed by atoms with van der Waals surface area (Å²) >= 11 is 0. The third-order valence-corrected chi connectivity index (χ3v) is 6.21. The molecule has 0 saturated heterocycles. The van der Waals surface area contributed by atoms with Gasteiger partial charge in [-0.05, 0) is 61.4 Å². The minimum absolute atomic E-state index is 0.0540. The zero-order chi connectivity index (χ0) is 23.7. The van der Waals surface area contributed by atoms with Crippen molar-refractivity contribution in [2.24, 2.45) is 0 Å². The molecule has 1 atom stereocenters. The zero-order valence-electron chi connectivity index (χ0n) is 19.5. The highest BCUT2D eigenvalue weighted by Gasteiger charge is 2.42. The van der Waals surface area contributed by atoms with Crippen LogP contribution in [-0.2, 0) is 6.54 Å². The highest BCUT2D eigenvalue weighted by molar-refractivity contribution is 6.00. The van der Waals surface area contributed by atoms with Gasteiger partial charge in [0.1, 0.15) is 17.2 Å². The summed E-state index contributed by atoms with van der Waals surface area (Å²) in [5.41, 5.74) is 6.42. The lowest BCUT2D eigenvalue weighted by molar-refractivity contribution is 0.0730. The van der Waals surface area contributed by atoms with Gasteiger partial charge in [-0.1, -0.05) is 42.0 Å². The number of aromatic amines is 1. The Morgan fingerprint density at radius 2 is 1.62 bits per heavy atom. The third kappa shape index (κ3) is 3.92. The molecule has 2 heterocycles. The maximum absolute atomic E-state index is 13.6. The Hall–Kier alpha value is -4.06. The molecular weight excluding hydrogens is 426 g/mol. The van der Waals surface area contributed by atoms with Gasteiger partial charge in [0.15, 0.2) is 0 Å². The van der Waals surface area contributed by atoms with Crippen LogP contribution in [0.4, 0.5) is 0 Å². The summed E-state index contributed by atoms with van der Waals surface area (Å²) in [5.74, 6) is 1.53. The van der Waals surface area contributed by atoms with Crippen molar-refractivity contribution >= 4 is 5.91 Å². The molecule has 0 bridgehead atoms. The fourth-order valence-corrected chi connectivity index (χ4v) is 4.48. The lowest BCUT2D eigenvalue weighted by Gasteiger charge is -2.27. The Morgan fingerprint density at radius 3 is 2.26 bits per heavy atom. The van der Waals surface area contributed by atoms with E-state index in [4.69, 9.17) is 9.47 Å². The van der Waals surface area contributed by atoms with Crippen molar-refractivity contribution in [2.75, 3.05) is 13.7 Å². The minimum atomic E-state index is -0.268. The van der Waals surface area contributed by atoms with E-state index >= 15 is 0 Å². The Kier molecular flexibility index (Phi) is 5.80. The van der Waals surface area contributed by atoms with Gasteiger partial charge in [0.05, 0.1) is 25.5 Å². The summed E-state index contributed by atoms with van der Waals surface area (Å²) in [6, 6.07) is 23.8. The third-order valence-electron chi connectivity index (χ3n) is 6.21. The lowest BCUT2D eigenvalue weighted by Crippen LogP contribution is -2.29. The Balaban J connectivity index is 1.59. The number of fused-ring (bicyclic) bond motifs is 1. The number of H-pyrrole nitrogens is 1. The lowest BCUT2D eigenvalue weighted by atomic mass is 9.95. The molecule has 5 rings (SSSR count). The maximum Gasteiger partial charge on any atom is 0.273 e. The van der Waals surface area contributed by atoms with E-state index in [-0.39, 0.29) is 11.9 Å². The monoisotopic (exact) mass is 453 g/mol. The molecule has 1 unspecified atom stereocenters. The standard InChI is InChI=1S/C28H27N3O3/c1-4-34-23-15-11-21(12-16-23)27-24-25(20-9-13-22(33-3)14-10-20)29-30-26(24)28(32)31(27)17-19-7-5-18(2)6-8-19/h5-16,27H,4,17H2,1-3H3,(H,29,30). The van der Waals surface area contributed by atoms with E-state index in [9.17, 15) is 4.79 Å². The molecule has 34 heavy (non-hydrogen) atoms. The molecule has 1 aliphatic rings. The van der Waals surface area contributed by atoms with E-state index in [0.717, 1.165) is 39.4 Å². The van der Waals surface area contributed by atoms with Gasteiger partial charge < -0.3 is 14.4 Å². The van der Waals surface area contributed by atoms with Gasteiger partial charge in [0.2, 0.25) is 0 Å². The summed E-state index contributed by atoms with van der Waals surface area (Å²) in [5, 5.41) is 7.57. The topological polar surface area (TPSA) is 67.5 Å². The summed E-state index contributed by atoms with van der Waals surface area (Å²) in [6.45, 7) is 5.13. The molecule has 1 aromatic heterocycles. The van der Waals surface area contributed by atoms with Crippen LogP contribution >= 0.6 is 0 Å². The molecule has 4 aromatic rings. The SMILES string of the molecule is CCOc1ccc(C2c3c(-c4ccc(OC)cc4)n[nH]c3C(=O)N2Cc2ccc(C)cc2)cc1. The van der Waals surface area contributed by atoms with Gasteiger partial charge in [-0.3, -0.25) is 9.89 Å². The highest BCUT2D eigenvalue weighted by Crippen LogP contribution is 2.44. The van der Waals surface area contributed by atoms with E-state index in [0.29, 0.717) is 18.8 Å². The summed E-state index contributed by atoms with van der Waals surface area (Å²) in [6.07, 6.45) is 0. The number of nitrogens with one attached hydrogen (secondary N) is 1. The van der Waals surface area contributed by atoms with Crippen molar-refractivity contribution in [3.8, 4) is 22.8 Å². The van der Waals surface area contributed by atoms with Crippen molar-refractivity contribution in [1.82, 2.24) is 15.1 Å². The van der Waals surface area contributed by atoms with Gasteiger partial charge in [-0.2, -0.15) is 5.10 Å². The van der Waals surface area contributed by atoms with E-state index < -0.39 is 0 Å². The molecule has 6 nitrogen and oxygen atoms in total. The van der Waals surface area contributed by atoms with Crippen LogP contribution in [0.2, 0.25) is 0 Å². The minimum Gasteiger partial charge on any atom is -0.497 e. The Labute approximate surface area is 199 Å². The number of hydrogen-bond donors (Lipinski definition) is 1. The molecule has 0 aliphatic carbocycles. The average molecular weight is 454 g/mol. The first kappa shape index (κ1) is 21.8. The number of ether oxygens (including phenoxy) is 2. The number of nitrogens with zero attached hydrogens (tertiary/aromatic N) is 2. The number of aryl methyl sites for hydroxylation is 1. The summed E-state index contributed by atoms with van der Waals surface area (Å²) in [7, 11) is 1.64. The van der Waals surface area contributed by atoms with E-state index in [1.54, 1.807) is 7.11 Å². The smallest absolute Gasteiger partial charge is 0.273 e. The van der Waals surface area contributed by atoms with Crippen LogP contribution in [0, 0.1) is 6.92 Å². The first-order chi connectivity index (χ1) is 16.6. The number of carbonyl (C=O) groups excluding carboxylic acids is 1. The van der Waals surface area contributed by atoms with E-state index in [2.05, 4.69) is 41.4 Å². The predicted octanol–water partition coefficient (Wildman–Crippen LogP) is 5.54. The maximum atomic E-state index is 13.6. The van der Waals surface area contributed by atoms with E-state index in [1.807, 2.05) is 60.4 Å². The normalized spacial score (nSPS) is 14.9. The van der Waals surface area contributed by atoms with Crippen LogP contribution in [0.1, 0.15) is 45.7 Å². The predicted molar refractivity (Wildman–Crippen MR) is 131 cm³/mol. The molecule has 1 amide bonds. The Bertz CT molecular complexity index is 1290. The second-order valence-corrected chi connectivity index (χ2v) is 8.41. The Morgan fingerprint density at radius 1 is 0.941 bits per heavy atom. The number of hydrogen-bond acceptors (Lipinski definition) is 4. The first-order valence-electron chi connectivity index (χ1n) is 11.4. The number of benzene rings is 3. The number of carbonyl (C=O) groups is 1. The molecule has 6 heteroatoms. The molecule has 3 aromatic carbocycles. The van der Waals surface area contributed by atoms with Gasteiger partial charge in [0.25, 0.3) is 5.91 Å². The number of amides is 1. The molecule has 1 N–H and O–H groups in total. The molecule has 0 radical (unpaired) electrons. The van der Waals surface area contributed by atoms with Gasteiger partial charge in [-0.15, -0.1) is 0 Å². The van der Waals surface area contributed by atoms with Gasteiger partial charge in [0, 0.05) is 17.7 Å². The molecule has 0 spiro atoms. The largest absolute Gasteiger partial charge is 0.497 e. The molecular formula is C28H27N3O3. The van der Waals surface area contributed by atoms with Crippen LogP contribution in [0.15, 0.2) is 72.8 Å². The van der Waals surface area contributed by atoms with E-state index in [1.165, 1.54) is 5.56 Å². The van der Waals surface area contributed by atoms with Crippen molar-refractivity contribution in [3.63, 3.8) is 0 Å². The first-order valence-corrected chi connectivity index (χ1v) is 11.4. The molecule has 0 saturated carbocycles. The van der Waals surface area contributed by atoms with Crippen LogP contribution in [0.5, 0.6) is 11.5 Å². The number of methoxy groups -OCH3 is 1. The van der Waals surface area contributed by atoms with Gasteiger partial charge in [-0.25, -0.2) is 0 Å². The quantitative estimate of drug-likeness (QED) is 0.399. The van der Waals surface area contributed by atoms with Crippen LogP contribution < -0.4 is 9.47 Å². The van der Waals surface area contributed by atoms with Crippen LogP contribution in [-0.4, -0.2) is 34.7 Å². The fourth-order valence-electron chi connectivity index (χ4n) is 4.48. The van der Waals surface area contributed by atoms with Crippen molar-refractivity contribution in [2.45, 2.75) is 26.4 Å². The number of rotatable bonds is 7. The van der Waals surface area contributed by atoms with Crippen LogP contribution in [0.25, 0.3) is 11.3 Å². The number of aromatic nitrogens is 2.